The van der Waals surface area contributed by atoms with Crippen molar-refractivity contribution in [2.45, 2.75) is 31.2 Å². The van der Waals surface area contributed by atoms with Gasteiger partial charge in [0.2, 0.25) is 5.91 Å². The summed E-state index contributed by atoms with van der Waals surface area (Å²) in [6, 6.07) is 4.51. The zero-order valence-corrected chi connectivity index (χ0v) is 11.8. The first-order valence-electron chi connectivity index (χ1n) is 5.92. The molecule has 0 aliphatic heterocycles. The minimum Gasteiger partial charge on any atom is -0.325 e. The van der Waals surface area contributed by atoms with Crippen LogP contribution in [0.4, 0.5) is 11.4 Å². The molecule has 0 aromatic heterocycles. The van der Waals surface area contributed by atoms with Gasteiger partial charge in [0.25, 0.3) is 5.69 Å². The third kappa shape index (κ3) is 3.30. The number of nitrogens with one attached hydrogen (secondary N) is 1. The fraction of sp³-hybridized carbons (Fsp3) is 0.417. The molecule has 102 valence electrons. The summed E-state index contributed by atoms with van der Waals surface area (Å²) in [7, 11) is 0. The minimum absolute atomic E-state index is 0.137. The lowest BCUT2D eigenvalue weighted by Crippen LogP contribution is -2.48. The number of anilines is 1. The number of benzene rings is 1. The van der Waals surface area contributed by atoms with Gasteiger partial charge in [-0.3, -0.25) is 14.9 Å². The highest BCUT2D eigenvalue weighted by Crippen LogP contribution is 2.33. The Balaban J connectivity index is 2.10. The molecule has 0 bridgehead atoms. The Labute approximate surface area is 118 Å². The maximum Gasteiger partial charge on any atom is 0.293 e. The van der Waals surface area contributed by atoms with E-state index in [0.29, 0.717) is 4.47 Å². The van der Waals surface area contributed by atoms with E-state index in [-0.39, 0.29) is 23.7 Å². The molecule has 0 radical (unpaired) electrons. The third-order valence-electron chi connectivity index (χ3n) is 3.29. The van der Waals surface area contributed by atoms with E-state index in [9.17, 15) is 14.9 Å². The highest BCUT2D eigenvalue weighted by molar-refractivity contribution is 9.10. The lowest BCUT2D eigenvalue weighted by molar-refractivity contribution is -0.384. The Bertz CT molecular complexity index is 529. The summed E-state index contributed by atoms with van der Waals surface area (Å²) in [4.78, 5) is 22.2. The van der Waals surface area contributed by atoms with Crippen molar-refractivity contribution in [3.8, 4) is 0 Å². The predicted molar refractivity (Wildman–Crippen MR) is 74.8 cm³/mol. The fourth-order valence-corrected chi connectivity index (χ4v) is 2.43. The molecular formula is C12H14BrN3O3. The summed E-state index contributed by atoms with van der Waals surface area (Å²) >= 11 is 3.16. The topological polar surface area (TPSA) is 98.3 Å². The number of nitrogens with zero attached hydrogens (tertiary/aromatic N) is 1. The predicted octanol–water partition coefficient (Wildman–Crippen LogP) is 2.57. The second kappa shape index (κ2) is 5.26. The van der Waals surface area contributed by atoms with Crippen molar-refractivity contribution in [1.82, 2.24) is 0 Å². The van der Waals surface area contributed by atoms with Crippen molar-refractivity contribution in [3.63, 3.8) is 0 Å². The second-order valence-corrected chi connectivity index (χ2v) is 5.78. The Morgan fingerprint density at radius 1 is 1.53 bits per heavy atom. The number of nitrogens with two attached hydrogens (primary N) is 1. The highest BCUT2D eigenvalue weighted by Gasteiger charge is 2.35. The van der Waals surface area contributed by atoms with E-state index < -0.39 is 10.5 Å². The summed E-state index contributed by atoms with van der Waals surface area (Å²) in [5.74, 6) is -0.285. The van der Waals surface area contributed by atoms with Gasteiger partial charge in [0.15, 0.2) is 0 Å². The molecule has 7 heteroatoms. The van der Waals surface area contributed by atoms with Gasteiger partial charge in [-0.25, -0.2) is 0 Å². The molecule has 1 aromatic rings. The number of amides is 1. The summed E-state index contributed by atoms with van der Waals surface area (Å²) < 4.78 is 0.589. The summed E-state index contributed by atoms with van der Waals surface area (Å²) in [6.07, 6.45) is 2.87. The molecule has 0 spiro atoms. The smallest absolute Gasteiger partial charge is 0.293 e. The summed E-state index contributed by atoms with van der Waals surface area (Å²) in [5.41, 5.74) is 5.60. The Morgan fingerprint density at radius 2 is 2.21 bits per heavy atom. The van der Waals surface area contributed by atoms with Crippen molar-refractivity contribution < 1.29 is 9.72 Å². The number of hydrogen-bond donors (Lipinski definition) is 2. The lowest BCUT2D eigenvalue weighted by Gasteiger charge is -2.37. The molecular weight excluding hydrogens is 314 g/mol. The van der Waals surface area contributed by atoms with Crippen LogP contribution in [0.5, 0.6) is 0 Å². The number of rotatable bonds is 4. The molecule has 0 heterocycles. The molecule has 1 amide bonds. The van der Waals surface area contributed by atoms with Crippen LogP contribution in [-0.2, 0) is 4.79 Å². The third-order valence-corrected chi connectivity index (χ3v) is 3.79. The van der Waals surface area contributed by atoms with Gasteiger partial charge in [-0.1, -0.05) is 15.9 Å². The number of carbonyl (C=O) groups is 1. The molecule has 0 atom stereocenters. The molecule has 6 nitrogen and oxygen atoms in total. The van der Waals surface area contributed by atoms with E-state index in [1.807, 2.05) is 0 Å². The van der Waals surface area contributed by atoms with E-state index in [0.717, 1.165) is 19.3 Å². The van der Waals surface area contributed by atoms with Crippen LogP contribution < -0.4 is 11.1 Å². The van der Waals surface area contributed by atoms with Crippen molar-refractivity contribution in [1.29, 1.82) is 0 Å². The summed E-state index contributed by atoms with van der Waals surface area (Å²) in [5, 5.41) is 13.5. The van der Waals surface area contributed by atoms with Crippen LogP contribution in [0.2, 0.25) is 0 Å². The van der Waals surface area contributed by atoms with Gasteiger partial charge in [0.05, 0.1) is 4.92 Å². The van der Waals surface area contributed by atoms with Gasteiger partial charge >= 0.3 is 0 Å². The Kier molecular flexibility index (Phi) is 3.86. The highest BCUT2D eigenvalue weighted by atomic mass is 79.9. The van der Waals surface area contributed by atoms with E-state index in [2.05, 4.69) is 21.2 Å². The van der Waals surface area contributed by atoms with Crippen LogP contribution in [-0.4, -0.2) is 16.4 Å². The molecule has 1 aliphatic carbocycles. The average molecular weight is 328 g/mol. The molecule has 1 fully saturated rings. The van der Waals surface area contributed by atoms with Crippen molar-refractivity contribution in [2.75, 3.05) is 5.32 Å². The largest absolute Gasteiger partial charge is 0.325 e. The first-order chi connectivity index (χ1) is 8.89. The first kappa shape index (κ1) is 14.0. The SMILES string of the molecule is NC1(CC(=O)Nc2ccc(Br)cc2[N+](=O)[O-])CCC1. The standard InChI is InChI=1S/C12H14BrN3O3/c13-8-2-3-9(10(6-8)16(18)19)15-11(17)7-12(14)4-1-5-12/h2-3,6H,1,4-5,7,14H2,(H,15,17). The van der Waals surface area contributed by atoms with Gasteiger partial charge in [-0.05, 0) is 31.4 Å². The maximum atomic E-state index is 11.9. The van der Waals surface area contributed by atoms with Crippen molar-refractivity contribution >= 4 is 33.2 Å². The van der Waals surface area contributed by atoms with Crippen molar-refractivity contribution in [3.05, 3.63) is 32.8 Å². The van der Waals surface area contributed by atoms with Crippen LogP contribution in [0.15, 0.2) is 22.7 Å². The normalized spacial score (nSPS) is 16.5. The average Bonchev–Trinajstić information content (AvgIpc) is 2.29. The van der Waals surface area contributed by atoms with E-state index >= 15 is 0 Å². The first-order valence-corrected chi connectivity index (χ1v) is 6.72. The Hall–Kier alpha value is -1.47. The van der Waals surface area contributed by atoms with E-state index in [1.165, 1.54) is 12.1 Å². The van der Waals surface area contributed by atoms with Crippen LogP contribution in [0, 0.1) is 10.1 Å². The molecule has 0 saturated heterocycles. The van der Waals surface area contributed by atoms with Crippen LogP contribution >= 0.6 is 15.9 Å². The van der Waals surface area contributed by atoms with Gasteiger partial charge in [-0.2, -0.15) is 0 Å². The molecule has 1 aromatic carbocycles. The monoisotopic (exact) mass is 327 g/mol. The van der Waals surface area contributed by atoms with Crippen LogP contribution in [0.1, 0.15) is 25.7 Å². The molecule has 0 unspecified atom stereocenters. The van der Waals surface area contributed by atoms with Gasteiger partial charge in [-0.15, -0.1) is 0 Å². The van der Waals surface area contributed by atoms with Gasteiger partial charge in [0, 0.05) is 22.5 Å². The minimum atomic E-state index is -0.526. The van der Waals surface area contributed by atoms with Crippen LogP contribution in [0.25, 0.3) is 0 Å². The lowest BCUT2D eigenvalue weighted by atomic mass is 9.75. The van der Waals surface area contributed by atoms with E-state index in [4.69, 9.17) is 5.73 Å². The van der Waals surface area contributed by atoms with Crippen molar-refractivity contribution in [2.24, 2.45) is 5.73 Å². The maximum absolute atomic E-state index is 11.9. The molecule has 19 heavy (non-hydrogen) atoms. The number of carbonyl (C=O) groups excluding carboxylic acids is 1. The number of hydrogen-bond acceptors (Lipinski definition) is 4. The molecule has 1 saturated carbocycles. The van der Waals surface area contributed by atoms with Crippen LogP contribution in [0.3, 0.4) is 0 Å². The van der Waals surface area contributed by atoms with E-state index in [1.54, 1.807) is 6.07 Å². The number of halogens is 1. The Morgan fingerprint density at radius 3 is 2.74 bits per heavy atom. The molecule has 1 aliphatic rings. The quantitative estimate of drug-likeness (QED) is 0.655. The summed E-state index contributed by atoms with van der Waals surface area (Å²) in [6.45, 7) is 0. The second-order valence-electron chi connectivity index (χ2n) is 4.86. The number of nitro benzene ring substituents is 1. The molecule has 3 N–H and O–H groups in total. The zero-order valence-electron chi connectivity index (χ0n) is 10.2. The fourth-order valence-electron chi connectivity index (χ4n) is 2.08. The zero-order chi connectivity index (χ0) is 14.0. The number of nitro groups is 1. The van der Waals surface area contributed by atoms with Gasteiger partial charge in [0.1, 0.15) is 5.69 Å². The van der Waals surface area contributed by atoms with Gasteiger partial charge < -0.3 is 11.1 Å². The molecule has 2 rings (SSSR count).